The summed E-state index contributed by atoms with van der Waals surface area (Å²) in [6, 6.07) is 6.32. The highest BCUT2D eigenvalue weighted by Crippen LogP contribution is 2.26. The first-order chi connectivity index (χ1) is 5.79. The first-order valence-electron chi connectivity index (χ1n) is 3.39. The quantitative estimate of drug-likeness (QED) is 0.663. The number of benzene rings is 1. The van der Waals surface area contributed by atoms with Crippen LogP contribution in [0.4, 0.5) is 8.78 Å². The number of rotatable bonds is 2. The Hall–Kier alpha value is -1.38. The van der Waals surface area contributed by atoms with Gasteiger partial charge >= 0.3 is 0 Å². The summed E-state index contributed by atoms with van der Waals surface area (Å²) in [5, 5.41) is 0. The fourth-order valence-electron chi connectivity index (χ4n) is 0.901. The van der Waals surface area contributed by atoms with E-state index >= 15 is 0 Å². The average Bonchev–Trinajstić information content (AvgIpc) is 2.16. The third-order valence-electron chi connectivity index (χ3n) is 1.46. The van der Waals surface area contributed by atoms with Gasteiger partial charge in [-0.3, -0.25) is 0 Å². The molecule has 0 saturated carbocycles. The molecule has 3 heteroatoms. The molecular formula is C9H8F2O. The number of hydrogen-bond acceptors (Lipinski definition) is 1. The normalized spacial score (nSPS) is 11.4. The van der Waals surface area contributed by atoms with Crippen LogP contribution in [0, 0.1) is 0 Å². The van der Waals surface area contributed by atoms with Crippen molar-refractivity contribution in [3.63, 3.8) is 0 Å². The van der Waals surface area contributed by atoms with Gasteiger partial charge in [-0.15, -0.1) is 0 Å². The molecule has 0 aromatic heterocycles. The first-order valence-corrected chi connectivity index (χ1v) is 3.39. The molecule has 0 amide bonds. The van der Waals surface area contributed by atoms with Crippen LogP contribution in [0.1, 0.15) is 5.56 Å². The zero-order chi connectivity index (χ0) is 8.97. The van der Waals surface area contributed by atoms with E-state index in [4.69, 9.17) is 4.74 Å². The van der Waals surface area contributed by atoms with Crippen molar-refractivity contribution in [2.45, 2.75) is 0 Å². The smallest absolute Gasteiger partial charge is 0.162 e. The molecule has 0 saturated heterocycles. The summed E-state index contributed by atoms with van der Waals surface area (Å²) in [5.74, 6) is -0.601. The van der Waals surface area contributed by atoms with Gasteiger partial charge in [0.1, 0.15) is 12.1 Å². The Kier molecular flexibility index (Phi) is 2.80. The average molecular weight is 170 g/mol. The maximum Gasteiger partial charge on any atom is 0.162 e. The number of halogens is 2. The van der Waals surface area contributed by atoms with Crippen LogP contribution in [0.15, 0.2) is 30.6 Å². The van der Waals surface area contributed by atoms with Crippen molar-refractivity contribution in [2.24, 2.45) is 0 Å². The number of methoxy groups -OCH3 is 1. The Bertz CT molecular complexity index is 294. The van der Waals surface area contributed by atoms with E-state index in [-0.39, 0.29) is 11.9 Å². The fourth-order valence-corrected chi connectivity index (χ4v) is 0.901. The Balaban J connectivity index is 3.13. The van der Waals surface area contributed by atoms with Gasteiger partial charge < -0.3 is 4.74 Å². The van der Waals surface area contributed by atoms with Crippen molar-refractivity contribution >= 4 is 5.83 Å². The second-order valence-electron chi connectivity index (χ2n) is 2.16. The number of hydrogen-bond donors (Lipinski definition) is 0. The van der Waals surface area contributed by atoms with E-state index in [2.05, 4.69) is 0 Å². The van der Waals surface area contributed by atoms with Gasteiger partial charge in [0.25, 0.3) is 0 Å². The lowest BCUT2D eigenvalue weighted by molar-refractivity contribution is 0.412. The van der Waals surface area contributed by atoms with Crippen molar-refractivity contribution < 1.29 is 13.5 Å². The predicted octanol–water partition coefficient (Wildman–Crippen LogP) is 2.93. The van der Waals surface area contributed by atoms with E-state index in [0.29, 0.717) is 5.75 Å². The number of para-hydroxylation sites is 1. The van der Waals surface area contributed by atoms with Gasteiger partial charge in [0.15, 0.2) is 5.83 Å². The van der Waals surface area contributed by atoms with E-state index in [1.807, 2.05) is 0 Å². The van der Waals surface area contributed by atoms with Gasteiger partial charge in [0, 0.05) is 0 Å². The summed E-state index contributed by atoms with van der Waals surface area (Å²) in [5.41, 5.74) is 0.127. The van der Waals surface area contributed by atoms with E-state index in [0.717, 1.165) is 0 Å². The van der Waals surface area contributed by atoms with Crippen molar-refractivity contribution in [1.29, 1.82) is 0 Å². The molecule has 0 aliphatic carbocycles. The Morgan fingerprint density at radius 2 is 2.08 bits per heavy atom. The third kappa shape index (κ3) is 1.61. The van der Waals surface area contributed by atoms with Crippen LogP contribution in [0.5, 0.6) is 5.75 Å². The molecule has 0 radical (unpaired) electrons. The molecule has 0 bridgehead atoms. The molecule has 1 aromatic rings. The zero-order valence-electron chi connectivity index (χ0n) is 6.55. The molecule has 0 heterocycles. The lowest BCUT2D eigenvalue weighted by Crippen LogP contribution is -1.87. The van der Waals surface area contributed by atoms with Crippen molar-refractivity contribution in [3.05, 3.63) is 36.2 Å². The highest BCUT2D eigenvalue weighted by molar-refractivity contribution is 5.64. The molecule has 1 nitrogen and oxygen atoms in total. The molecular weight excluding hydrogens is 162 g/mol. The largest absolute Gasteiger partial charge is 0.496 e. The molecule has 0 atom stereocenters. The first kappa shape index (κ1) is 8.71. The van der Waals surface area contributed by atoms with Crippen LogP contribution in [-0.2, 0) is 0 Å². The maximum atomic E-state index is 12.7. The maximum absolute atomic E-state index is 12.7. The zero-order valence-corrected chi connectivity index (χ0v) is 6.55. The van der Waals surface area contributed by atoms with Gasteiger partial charge in [-0.25, -0.2) is 8.78 Å². The molecule has 0 unspecified atom stereocenters. The highest BCUT2D eigenvalue weighted by Gasteiger charge is 2.05. The summed E-state index contributed by atoms with van der Waals surface area (Å²) in [6.07, 6.45) is -0.0855. The summed E-state index contributed by atoms with van der Waals surface area (Å²) in [7, 11) is 1.41. The summed E-state index contributed by atoms with van der Waals surface area (Å²) < 4.78 is 29.3. The molecule has 1 aromatic carbocycles. The Morgan fingerprint density at radius 1 is 1.42 bits per heavy atom. The van der Waals surface area contributed by atoms with Gasteiger partial charge in [-0.05, 0) is 12.1 Å². The number of ether oxygens (including phenoxy) is 1. The summed E-state index contributed by atoms with van der Waals surface area (Å²) >= 11 is 0. The monoisotopic (exact) mass is 170 g/mol. The van der Waals surface area contributed by atoms with Gasteiger partial charge in [-0.2, -0.15) is 0 Å². The SMILES string of the molecule is COc1ccccc1/C(F)=C/F. The van der Waals surface area contributed by atoms with Gasteiger partial charge in [0.05, 0.1) is 12.7 Å². The minimum Gasteiger partial charge on any atom is -0.496 e. The molecule has 1 rings (SSSR count). The summed E-state index contributed by atoms with van der Waals surface area (Å²) in [6.45, 7) is 0. The predicted molar refractivity (Wildman–Crippen MR) is 43.2 cm³/mol. The highest BCUT2D eigenvalue weighted by atomic mass is 19.2. The molecule has 0 aliphatic rings. The molecule has 0 aliphatic heterocycles. The molecule has 12 heavy (non-hydrogen) atoms. The second-order valence-corrected chi connectivity index (χ2v) is 2.16. The Labute approximate surface area is 69.3 Å². The lowest BCUT2D eigenvalue weighted by Gasteiger charge is -2.03. The molecule has 64 valence electrons. The van der Waals surface area contributed by atoms with E-state index < -0.39 is 5.83 Å². The van der Waals surface area contributed by atoms with Gasteiger partial charge in [0.2, 0.25) is 0 Å². The fraction of sp³-hybridized carbons (Fsp3) is 0.111. The van der Waals surface area contributed by atoms with Crippen molar-refractivity contribution in [1.82, 2.24) is 0 Å². The second kappa shape index (κ2) is 3.85. The standard InChI is InChI=1S/C9H8F2O/c1-12-9-5-3-2-4-7(9)8(11)6-10/h2-6H,1H3/b8-6-. The van der Waals surface area contributed by atoms with Crippen LogP contribution in [0.3, 0.4) is 0 Å². The molecule has 0 spiro atoms. The van der Waals surface area contributed by atoms with Crippen LogP contribution < -0.4 is 4.74 Å². The third-order valence-corrected chi connectivity index (χ3v) is 1.46. The van der Waals surface area contributed by atoms with Gasteiger partial charge in [-0.1, -0.05) is 12.1 Å². The topological polar surface area (TPSA) is 9.23 Å². The minimum absolute atomic E-state index is 0.0855. The molecule has 0 N–H and O–H groups in total. The minimum atomic E-state index is -0.924. The van der Waals surface area contributed by atoms with Crippen LogP contribution >= 0.6 is 0 Å². The molecule has 0 fully saturated rings. The van der Waals surface area contributed by atoms with Crippen molar-refractivity contribution in [3.8, 4) is 5.75 Å². The van der Waals surface area contributed by atoms with Crippen LogP contribution in [0.25, 0.3) is 5.83 Å². The van der Waals surface area contributed by atoms with E-state index in [1.54, 1.807) is 18.2 Å². The Morgan fingerprint density at radius 3 is 2.67 bits per heavy atom. The van der Waals surface area contributed by atoms with E-state index in [9.17, 15) is 8.78 Å². The van der Waals surface area contributed by atoms with Crippen LogP contribution in [-0.4, -0.2) is 7.11 Å². The summed E-state index contributed by atoms with van der Waals surface area (Å²) in [4.78, 5) is 0. The van der Waals surface area contributed by atoms with E-state index in [1.165, 1.54) is 13.2 Å². The van der Waals surface area contributed by atoms with Crippen LogP contribution in [0.2, 0.25) is 0 Å². The lowest BCUT2D eigenvalue weighted by atomic mass is 10.2. The van der Waals surface area contributed by atoms with Crippen molar-refractivity contribution in [2.75, 3.05) is 7.11 Å².